The highest BCUT2D eigenvalue weighted by molar-refractivity contribution is 6.23. The van der Waals surface area contributed by atoms with Gasteiger partial charge in [-0.25, -0.2) is 9.59 Å². The molecule has 0 fully saturated rings. The zero-order valence-electron chi connectivity index (χ0n) is 12.5. The monoisotopic (exact) mass is 284 g/mol. The molecule has 0 aromatic rings. The van der Waals surface area contributed by atoms with Crippen molar-refractivity contribution in [2.24, 2.45) is 4.99 Å². The molecule has 0 saturated carbocycles. The van der Waals surface area contributed by atoms with Crippen LogP contribution in [0.1, 0.15) is 27.7 Å². The molecule has 0 atom stereocenters. The third-order valence-corrected chi connectivity index (χ3v) is 3.59. The van der Waals surface area contributed by atoms with Crippen molar-refractivity contribution < 1.29 is 24.2 Å². The molecule has 20 heavy (non-hydrogen) atoms. The van der Waals surface area contributed by atoms with E-state index < -0.39 is 28.8 Å². The minimum atomic E-state index is -1.03. The first kappa shape index (κ1) is 16.0. The lowest BCUT2D eigenvalue weighted by atomic mass is 9.85. The lowest BCUT2D eigenvalue weighted by Crippen LogP contribution is -2.50. The van der Waals surface area contributed by atoms with Crippen LogP contribution in [0.25, 0.3) is 0 Å². The Morgan fingerprint density at radius 1 is 1.10 bits per heavy atom. The molecule has 0 radical (unpaired) electrons. The fourth-order valence-electron chi connectivity index (χ4n) is 1.62. The lowest BCUT2D eigenvalue weighted by molar-refractivity contribution is -0.141. The van der Waals surface area contributed by atoms with Gasteiger partial charge in [0.15, 0.2) is 5.57 Å². The standard InChI is InChI=1S/C13H20N2O5/c1-12(2)13(3,4)15-9(14-12)7(10(17)19-5)8(16)11(18)20-6/h16H,1-6H3,(H,14,15)/b8-7+. The Labute approximate surface area is 117 Å². The van der Waals surface area contributed by atoms with E-state index in [1.165, 1.54) is 0 Å². The van der Waals surface area contributed by atoms with Gasteiger partial charge in [0.1, 0.15) is 5.84 Å². The molecule has 7 nitrogen and oxygen atoms in total. The summed E-state index contributed by atoms with van der Waals surface area (Å²) in [6.45, 7) is 7.54. The van der Waals surface area contributed by atoms with Crippen LogP contribution in [-0.4, -0.2) is 48.2 Å². The third-order valence-electron chi connectivity index (χ3n) is 3.59. The summed E-state index contributed by atoms with van der Waals surface area (Å²) < 4.78 is 9.01. The number of hydrogen-bond donors (Lipinski definition) is 2. The molecule has 112 valence electrons. The number of ether oxygens (including phenoxy) is 2. The number of nitrogens with zero attached hydrogens (tertiary/aromatic N) is 1. The largest absolute Gasteiger partial charge is 0.501 e. The molecule has 1 aliphatic rings. The van der Waals surface area contributed by atoms with Crippen LogP contribution in [0.2, 0.25) is 0 Å². The van der Waals surface area contributed by atoms with Gasteiger partial charge < -0.3 is 19.9 Å². The average molecular weight is 284 g/mol. The van der Waals surface area contributed by atoms with Gasteiger partial charge in [-0.15, -0.1) is 0 Å². The number of aliphatic imine (C=N–C) groups is 1. The number of carbonyl (C=O) groups excluding carboxylic acids is 2. The Kier molecular flexibility index (Phi) is 4.12. The van der Waals surface area contributed by atoms with Crippen molar-refractivity contribution in [3.05, 3.63) is 11.3 Å². The summed E-state index contributed by atoms with van der Waals surface area (Å²) in [5.41, 5.74) is -1.33. The first-order chi connectivity index (χ1) is 9.07. The molecule has 0 aromatic heterocycles. The SMILES string of the molecule is COC(=O)/C(O)=C(\C(=O)OC)C1=NC(C)(C)C(C)(C)N1. The Morgan fingerprint density at radius 3 is 1.95 bits per heavy atom. The summed E-state index contributed by atoms with van der Waals surface area (Å²) in [4.78, 5) is 27.6. The second kappa shape index (κ2) is 5.15. The number of methoxy groups -OCH3 is 2. The van der Waals surface area contributed by atoms with Gasteiger partial charge in [-0.05, 0) is 27.7 Å². The number of rotatable bonds is 3. The minimum Gasteiger partial charge on any atom is -0.501 e. The number of aliphatic hydroxyl groups is 1. The second-order valence-corrected chi connectivity index (χ2v) is 5.48. The normalized spacial score (nSPS) is 20.4. The molecular formula is C13H20N2O5. The van der Waals surface area contributed by atoms with Crippen molar-refractivity contribution in [1.82, 2.24) is 5.32 Å². The average Bonchev–Trinajstić information content (AvgIpc) is 2.56. The predicted octanol–water partition coefficient (Wildman–Crippen LogP) is 0.703. The Bertz CT molecular complexity index is 503. The second-order valence-electron chi connectivity index (χ2n) is 5.48. The summed E-state index contributed by atoms with van der Waals surface area (Å²) in [6.07, 6.45) is 0. The van der Waals surface area contributed by atoms with E-state index in [4.69, 9.17) is 0 Å². The Morgan fingerprint density at radius 2 is 1.60 bits per heavy atom. The van der Waals surface area contributed by atoms with Crippen molar-refractivity contribution in [2.45, 2.75) is 38.8 Å². The van der Waals surface area contributed by atoms with E-state index in [0.717, 1.165) is 14.2 Å². The smallest absolute Gasteiger partial charge is 0.374 e. The number of nitrogens with one attached hydrogen (secondary N) is 1. The van der Waals surface area contributed by atoms with Crippen molar-refractivity contribution in [2.75, 3.05) is 14.2 Å². The molecule has 1 aliphatic heterocycles. The number of hydrogen-bond acceptors (Lipinski definition) is 7. The molecule has 0 amide bonds. The van der Waals surface area contributed by atoms with E-state index in [1.54, 1.807) is 0 Å². The summed E-state index contributed by atoms with van der Waals surface area (Å²) in [5.74, 6) is -2.63. The summed E-state index contributed by atoms with van der Waals surface area (Å²) >= 11 is 0. The minimum absolute atomic E-state index is 0.106. The Balaban J connectivity index is 3.37. The van der Waals surface area contributed by atoms with Gasteiger partial charge in [0, 0.05) is 0 Å². The summed E-state index contributed by atoms with van der Waals surface area (Å²) in [6, 6.07) is 0. The lowest BCUT2D eigenvalue weighted by Gasteiger charge is -2.32. The molecule has 0 saturated heterocycles. The predicted molar refractivity (Wildman–Crippen MR) is 72.4 cm³/mol. The molecule has 0 aromatic carbocycles. The first-order valence-electron chi connectivity index (χ1n) is 6.05. The molecular weight excluding hydrogens is 264 g/mol. The van der Waals surface area contributed by atoms with Gasteiger partial charge in [-0.1, -0.05) is 0 Å². The van der Waals surface area contributed by atoms with Gasteiger partial charge in [0.2, 0.25) is 5.76 Å². The van der Waals surface area contributed by atoms with Crippen LogP contribution in [0, 0.1) is 0 Å². The molecule has 0 aliphatic carbocycles. The van der Waals surface area contributed by atoms with Crippen molar-refractivity contribution in [3.63, 3.8) is 0 Å². The van der Waals surface area contributed by atoms with Crippen LogP contribution >= 0.6 is 0 Å². The van der Waals surface area contributed by atoms with Crippen molar-refractivity contribution in [1.29, 1.82) is 0 Å². The van der Waals surface area contributed by atoms with E-state index in [-0.39, 0.29) is 11.4 Å². The molecule has 1 rings (SSSR count). The maximum atomic E-state index is 11.8. The maximum Gasteiger partial charge on any atom is 0.374 e. The van der Waals surface area contributed by atoms with E-state index in [2.05, 4.69) is 19.8 Å². The molecule has 0 bridgehead atoms. The number of esters is 2. The summed E-state index contributed by atoms with van der Waals surface area (Å²) in [7, 11) is 2.25. The highest BCUT2D eigenvalue weighted by atomic mass is 16.5. The van der Waals surface area contributed by atoms with Gasteiger partial charge in [-0.2, -0.15) is 0 Å². The van der Waals surface area contributed by atoms with Crippen LogP contribution in [0.4, 0.5) is 0 Å². The summed E-state index contributed by atoms with van der Waals surface area (Å²) in [5, 5.41) is 12.9. The fourth-order valence-corrected chi connectivity index (χ4v) is 1.62. The third kappa shape index (κ3) is 2.61. The van der Waals surface area contributed by atoms with Crippen LogP contribution < -0.4 is 5.32 Å². The van der Waals surface area contributed by atoms with Crippen molar-refractivity contribution >= 4 is 17.8 Å². The van der Waals surface area contributed by atoms with Gasteiger partial charge in [0.25, 0.3) is 0 Å². The number of aliphatic hydroxyl groups excluding tert-OH is 1. The van der Waals surface area contributed by atoms with Crippen LogP contribution in [0.5, 0.6) is 0 Å². The zero-order chi connectivity index (χ0) is 15.7. The molecule has 0 unspecified atom stereocenters. The highest BCUT2D eigenvalue weighted by Crippen LogP contribution is 2.32. The van der Waals surface area contributed by atoms with Gasteiger partial charge in [0.05, 0.1) is 25.3 Å². The van der Waals surface area contributed by atoms with Gasteiger partial charge >= 0.3 is 11.9 Å². The van der Waals surface area contributed by atoms with Crippen LogP contribution in [0.3, 0.4) is 0 Å². The quantitative estimate of drug-likeness (QED) is 0.450. The first-order valence-corrected chi connectivity index (χ1v) is 6.05. The van der Waals surface area contributed by atoms with E-state index in [0.29, 0.717) is 0 Å². The number of carbonyl (C=O) groups is 2. The highest BCUT2D eigenvalue weighted by Gasteiger charge is 2.45. The maximum absolute atomic E-state index is 11.8. The topological polar surface area (TPSA) is 97.2 Å². The molecule has 2 N–H and O–H groups in total. The molecule has 0 spiro atoms. The fraction of sp³-hybridized carbons (Fsp3) is 0.615. The zero-order valence-corrected chi connectivity index (χ0v) is 12.5. The molecule has 7 heteroatoms. The van der Waals surface area contributed by atoms with Crippen LogP contribution in [0.15, 0.2) is 16.3 Å². The van der Waals surface area contributed by atoms with Crippen LogP contribution in [-0.2, 0) is 19.1 Å². The Hall–Kier alpha value is -2.05. The molecule has 1 heterocycles. The van der Waals surface area contributed by atoms with E-state index in [9.17, 15) is 14.7 Å². The van der Waals surface area contributed by atoms with Gasteiger partial charge in [-0.3, -0.25) is 4.99 Å². The van der Waals surface area contributed by atoms with Crippen molar-refractivity contribution in [3.8, 4) is 0 Å². The van der Waals surface area contributed by atoms with E-state index in [1.807, 2.05) is 27.7 Å². The van der Waals surface area contributed by atoms with E-state index >= 15 is 0 Å². The number of amidine groups is 1.